The molecule has 0 aromatic heterocycles. The molecule has 9 heteroatoms. The zero-order valence-electron chi connectivity index (χ0n) is 10.2. The van der Waals surface area contributed by atoms with E-state index < -0.39 is 19.9 Å². The number of benzene rings is 1. The molecule has 1 heterocycles. The highest BCUT2D eigenvalue weighted by Crippen LogP contribution is 2.43. The summed E-state index contributed by atoms with van der Waals surface area (Å²) < 4.78 is 24.8. The van der Waals surface area contributed by atoms with E-state index in [0.29, 0.717) is 5.75 Å². The quantitative estimate of drug-likeness (QED) is 0.569. The first-order valence-electron chi connectivity index (χ1n) is 5.48. The summed E-state index contributed by atoms with van der Waals surface area (Å²) >= 11 is 23.9. The first-order valence-corrected chi connectivity index (χ1v) is 9.45. The van der Waals surface area contributed by atoms with Gasteiger partial charge in [-0.1, -0.05) is 76.5 Å². The molecule has 0 spiro atoms. The third kappa shape index (κ3) is 3.20. The minimum absolute atomic E-state index is 0.132. The van der Waals surface area contributed by atoms with E-state index >= 15 is 0 Å². The Labute approximate surface area is 142 Å². The van der Waals surface area contributed by atoms with Gasteiger partial charge in [-0.05, 0) is 19.1 Å². The van der Waals surface area contributed by atoms with Gasteiger partial charge in [-0.25, -0.2) is 12.7 Å². The largest absolute Gasteiger partial charge is 0.265 e. The molecule has 1 saturated heterocycles. The normalized spacial score (nSPS) is 20.5. The number of sulfonamides is 1. The SMILES string of the molecule is Cc1ccc(S(=O)(=O)N2C(=S)SCC2C(Cl)(Cl)Cl)cc1. The van der Waals surface area contributed by atoms with Gasteiger partial charge in [-0.2, -0.15) is 0 Å². The number of hydrogen-bond acceptors (Lipinski definition) is 4. The van der Waals surface area contributed by atoms with Gasteiger partial charge >= 0.3 is 0 Å². The van der Waals surface area contributed by atoms with E-state index in [1.54, 1.807) is 12.1 Å². The van der Waals surface area contributed by atoms with Crippen LogP contribution in [0.2, 0.25) is 0 Å². The first kappa shape index (κ1) is 16.6. The highest BCUT2D eigenvalue weighted by molar-refractivity contribution is 8.24. The molecule has 1 unspecified atom stereocenters. The molecular weight excluding hydrogens is 381 g/mol. The molecule has 1 aliphatic rings. The number of thioether (sulfide) groups is 1. The Kier molecular flexibility index (Phi) is 4.84. The van der Waals surface area contributed by atoms with Crippen LogP contribution in [0.25, 0.3) is 0 Å². The van der Waals surface area contributed by atoms with Crippen LogP contribution in [0.15, 0.2) is 29.2 Å². The number of aryl methyl sites for hydroxylation is 1. The molecule has 110 valence electrons. The van der Waals surface area contributed by atoms with Gasteiger partial charge < -0.3 is 0 Å². The van der Waals surface area contributed by atoms with Crippen molar-refractivity contribution in [2.24, 2.45) is 0 Å². The third-order valence-corrected chi connectivity index (χ3v) is 7.07. The predicted octanol–water partition coefficient (Wildman–Crippen LogP) is 3.76. The molecular formula is C11H10Cl3NO2S3. The second-order valence-electron chi connectivity index (χ2n) is 4.25. The fourth-order valence-corrected chi connectivity index (χ4v) is 6.30. The summed E-state index contributed by atoms with van der Waals surface area (Å²) in [6, 6.07) is 5.65. The van der Waals surface area contributed by atoms with Gasteiger partial charge in [0, 0.05) is 5.75 Å². The number of rotatable bonds is 2. The van der Waals surface area contributed by atoms with Crippen molar-refractivity contribution < 1.29 is 8.42 Å². The third-order valence-electron chi connectivity index (χ3n) is 2.78. The molecule has 1 aromatic rings. The summed E-state index contributed by atoms with van der Waals surface area (Å²) in [7, 11) is -3.82. The fraction of sp³-hybridized carbons (Fsp3) is 0.364. The van der Waals surface area contributed by atoms with Crippen LogP contribution < -0.4 is 0 Å². The molecule has 1 aromatic carbocycles. The van der Waals surface area contributed by atoms with Crippen LogP contribution in [0.4, 0.5) is 0 Å². The second-order valence-corrected chi connectivity index (χ2v) is 10.1. The molecule has 0 amide bonds. The zero-order valence-corrected chi connectivity index (χ0v) is 14.9. The van der Waals surface area contributed by atoms with E-state index in [4.69, 9.17) is 47.0 Å². The number of nitrogens with zero attached hydrogens (tertiary/aromatic N) is 1. The number of thiocarbonyl (C=S) groups is 1. The van der Waals surface area contributed by atoms with Crippen molar-refractivity contribution in [1.29, 1.82) is 0 Å². The standard InChI is InChI=1S/C11H10Cl3NO2S3/c1-7-2-4-8(5-3-7)20(16,17)15-9(11(12,13)14)6-19-10(15)18/h2-5,9H,6H2,1H3. The van der Waals surface area contributed by atoms with E-state index in [1.807, 2.05) is 6.92 Å². The van der Waals surface area contributed by atoms with Crippen LogP contribution in [0.5, 0.6) is 0 Å². The van der Waals surface area contributed by atoms with E-state index in [2.05, 4.69) is 0 Å². The zero-order chi connectivity index (χ0) is 15.1. The van der Waals surface area contributed by atoms with E-state index in [0.717, 1.165) is 9.87 Å². The highest BCUT2D eigenvalue weighted by Gasteiger charge is 2.48. The van der Waals surface area contributed by atoms with Crippen LogP contribution in [0, 0.1) is 6.92 Å². The lowest BCUT2D eigenvalue weighted by Gasteiger charge is -2.29. The lowest BCUT2D eigenvalue weighted by molar-refractivity contribution is 0.473. The summed E-state index contributed by atoms with van der Waals surface area (Å²) in [6.07, 6.45) is 0. The van der Waals surface area contributed by atoms with Crippen LogP contribution >= 0.6 is 58.8 Å². The Balaban J connectivity index is 2.46. The van der Waals surface area contributed by atoms with Gasteiger partial charge in [0.1, 0.15) is 6.04 Å². The maximum absolute atomic E-state index is 12.7. The van der Waals surface area contributed by atoms with Crippen molar-refractivity contribution in [3.8, 4) is 0 Å². The smallest absolute Gasteiger partial charge is 0.242 e. The van der Waals surface area contributed by atoms with Crippen molar-refractivity contribution >= 4 is 73.1 Å². The Bertz CT molecular complexity index is 625. The van der Waals surface area contributed by atoms with Gasteiger partial charge in [-0.3, -0.25) is 0 Å². The molecule has 0 N–H and O–H groups in total. The summed E-state index contributed by atoms with van der Waals surface area (Å²) in [4.78, 5) is 0.132. The van der Waals surface area contributed by atoms with E-state index in [-0.39, 0.29) is 9.22 Å². The minimum Gasteiger partial charge on any atom is -0.242 e. The van der Waals surface area contributed by atoms with Crippen molar-refractivity contribution in [1.82, 2.24) is 4.31 Å². The Morgan fingerprint density at radius 2 is 1.85 bits per heavy atom. The molecule has 0 aliphatic carbocycles. The average Bonchev–Trinajstić information content (AvgIpc) is 2.72. The van der Waals surface area contributed by atoms with Gasteiger partial charge in [-0.15, -0.1) is 0 Å². The lowest BCUT2D eigenvalue weighted by atomic mass is 10.2. The predicted molar refractivity (Wildman–Crippen MR) is 89.3 cm³/mol. The van der Waals surface area contributed by atoms with Crippen molar-refractivity contribution in [2.75, 3.05) is 5.75 Å². The maximum Gasteiger partial charge on any atom is 0.265 e. The van der Waals surface area contributed by atoms with Crippen LogP contribution in [0.1, 0.15) is 5.56 Å². The number of halogens is 3. The molecule has 1 atom stereocenters. The molecule has 1 aliphatic heterocycles. The molecule has 2 rings (SSSR count). The van der Waals surface area contributed by atoms with Gasteiger partial charge in [0.25, 0.3) is 10.0 Å². The molecule has 1 fully saturated rings. The summed E-state index contributed by atoms with van der Waals surface area (Å²) in [5.74, 6) is 0.320. The summed E-state index contributed by atoms with van der Waals surface area (Å²) in [5.41, 5.74) is 0.959. The number of alkyl halides is 3. The van der Waals surface area contributed by atoms with E-state index in [9.17, 15) is 8.42 Å². The van der Waals surface area contributed by atoms with Gasteiger partial charge in [0.15, 0.2) is 4.32 Å². The fourth-order valence-electron chi connectivity index (χ4n) is 1.73. The Hall–Kier alpha value is 0.280. The summed E-state index contributed by atoms with van der Waals surface area (Å²) in [6.45, 7) is 1.87. The van der Waals surface area contributed by atoms with Crippen molar-refractivity contribution in [2.45, 2.75) is 21.7 Å². The Morgan fingerprint density at radius 1 is 1.30 bits per heavy atom. The van der Waals surface area contributed by atoms with Gasteiger partial charge in [0.2, 0.25) is 3.79 Å². The van der Waals surface area contributed by atoms with Crippen LogP contribution in [0.3, 0.4) is 0 Å². The first-order chi connectivity index (χ1) is 9.14. The van der Waals surface area contributed by atoms with Crippen LogP contribution in [-0.2, 0) is 10.0 Å². The maximum atomic E-state index is 12.7. The molecule has 20 heavy (non-hydrogen) atoms. The monoisotopic (exact) mass is 389 g/mol. The van der Waals surface area contributed by atoms with Crippen LogP contribution in [-0.4, -0.2) is 32.6 Å². The topological polar surface area (TPSA) is 37.4 Å². The molecule has 0 radical (unpaired) electrons. The second kappa shape index (κ2) is 5.82. The number of hydrogen-bond donors (Lipinski definition) is 0. The molecule has 0 saturated carbocycles. The highest BCUT2D eigenvalue weighted by atomic mass is 35.6. The summed E-state index contributed by atoms with van der Waals surface area (Å²) in [5, 5.41) is 0. The molecule has 3 nitrogen and oxygen atoms in total. The Morgan fingerprint density at radius 3 is 2.35 bits per heavy atom. The minimum atomic E-state index is -3.82. The van der Waals surface area contributed by atoms with Crippen molar-refractivity contribution in [3.63, 3.8) is 0 Å². The molecule has 0 bridgehead atoms. The van der Waals surface area contributed by atoms with Crippen molar-refractivity contribution in [3.05, 3.63) is 29.8 Å². The lowest BCUT2D eigenvalue weighted by Crippen LogP contribution is -2.45. The average molecular weight is 391 g/mol. The van der Waals surface area contributed by atoms with E-state index in [1.165, 1.54) is 23.9 Å². The van der Waals surface area contributed by atoms with Gasteiger partial charge in [0.05, 0.1) is 4.90 Å².